The molecule has 0 amide bonds. The van der Waals surface area contributed by atoms with Crippen molar-refractivity contribution >= 4 is 23.7 Å². The second kappa shape index (κ2) is 28.1. The Bertz CT molecular complexity index is 1880. The number of ether oxygens (including phenoxy) is 5. The summed E-state index contributed by atoms with van der Waals surface area (Å²) in [6.45, 7) is 2.59. The van der Waals surface area contributed by atoms with Gasteiger partial charge in [0.05, 0.1) is 25.3 Å². The molecule has 5 rings (SSSR count). The maximum atomic E-state index is 14.2. The second-order valence-electron chi connectivity index (χ2n) is 15.6. The fourth-order valence-electron chi connectivity index (χ4n) is 7.48. The van der Waals surface area contributed by atoms with Gasteiger partial charge in [0.2, 0.25) is 0 Å². The van der Waals surface area contributed by atoms with Crippen LogP contribution in [-0.2, 0) is 48.2 Å². The number of hydrogen-bond donors (Lipinski definition) is 0. The number of nitrogens with zero attached hydrogens (tertiary/aromatic N) is 3. The Kier molecular flexibility index (Phi) is 21.8. The number of azide groups is 1. The highest BCUT2D eigenvalue weighted by molar-refractivity contribution is 7.99. The van der Waals surface area contributed by atoms with E-state index in [1.54, 1.807) is 24.3 Å². The Morgan fingerprint density at radius 3 is 1.77 bits per heavy atom. The van der Waals surface area contributed by atoms with E-state index >= 15 is 0 Å². The number of benzene rings is 4. The molecule has 4 aromatic carbocycles. The molecule has 11 heteroatoms. The van der Waals surface area contributed by atoms with Crippen molar-refractivity contribution in [2.24, 2.45) is 5.11 Å². The van der Waals surface area contributed by atoms with Crippen molar-refractivity contribution in [1.82, 2.24) is 0 Å². The molecule has 1 fully saturated rings. The number of unbranched alkanes of at least 4 members (excludes halogenated alkanes) is 12. The van der Waals surface area contributed by atoms with Crippen LogP contribution in [0.1, 0.15) is 124 Å². The van der Waals surface area contributed by atoms with Gasteiger partial charge in [0, 0.05) is 16.2 Å². The predicted molar refractivity (Wildman–Crippen MR) is 241 cm³/mol. The summed E-state index contributed by atoms with van der Waals surface area (Å²) in [6.07, 6.45) is 12.9. The Morgan fingerprint density at radius 2 is 1.18 bits per heavy atom. The summed E-state index contributed by atoms with van der Waals surface area (Å²) in [5.74, 6) is -0.901. The highest BCUT2D eigenvalue weighted by atomic mass is 32.2. The third-order valence-electron chi connectivity index (χ3n) is 10.8. The van der Waals surface area contributed by atoms with Gasteiger partial charge in [0.1, 0.15) is 30.4 Å². The van der Waals surface area contributed by atoms with Crippen LogP contribution in [0.25, 0.3) is 10.4 Å². The van der Waals surface area contributed by atoms with Crippen LogP contribution in [0.3, 0.4) is 0 Å². The van der Waals surface area contributed by atoms with Crippen LogP contribution in [0.5, 0.6) is 0 Å². The average molecular weight is 850 g/mol. The van der Waals surface area contributed by atoms with E-state index in [4.69, 9.17) is 29.2 Å². The summed E-state index contributed by atoms with van der Waals surface area (Å²) in [7, 11) is 0. The lowest BCUT2D eigenvalue weighted by atomic mass is 9.98. The highest BCUT2D eigenvalue weighted by Crippen LogP contribution is 2.38. The van der Waals surface area contributed by atoms with Crippen LogP contribution >= 0.6 is 11.8 Å². The summed E-state index contributed by atoms with van der Waals surface area (Å²) >= 11 is 1.40. The highest BCUT2D eigenvalue weighted by Gasteiger charge is 2.50. The SMILES string of the molecule is CCCCCCCCCCCCCCCC(=O)OC[C@H]1O[C@H](Sc2ccccc2)[C@@H](OC(=O)c2ccccc2CN=[N+]=[N-])[C@@H](OCc2ccccc2)[C@@H]1OCc1ccccc1. The fourth-order valence-corrected chi connectivity index (χ4v) is 8.60. The van der Waals surface area contributed by atoms with Crippen molar-refractivity contribution in [3.63, 3.8) is 0 Å². The minimum absolute atomic E-state index is 0.0192. The molecule has 1 heterocycles. The Hall–Kier alpha value is -4.64. The number of carbonyl (C=O) groups is 2. The summed E-state index contributed by atoms with van der Waals surface area (Å²) in [5.41, 5.74) is 10.9. The van der Waals surface area contributed by atoms with Crippen molar-refractivity contribution in [3.05, 3.63) is 148 Å². The maximum absolute atomic E-state index is 14.2. The normalized spacial score (nSPS) is 18.5. The Labute approximate surface area is 366 Å². The molecule has 10 nitrogen and oxygen atoms in total. The topological polar surface area (TPSA) is 129 Å². The molecule has 0 spiro atoms. The zero-order valence-electron chi connectivity index (χ0n) is 35.7. The minimum Gasteiger partial charge on any atom is -0.463 e. The quantitative estimate of drug-likeness (QED) is 0.0182. The van der Waals surface area contributed by atoms with Crippen LogP contribution in [0.2, 0.25) is 0 Å². The van der Waals surface area contributed by atoms with E-state index in [1.807, 2.05) is 91.0 Å². The van der Waals surface area contributed by atoms with Crippen LogP contribution < -0.4 is 0 Å². The van der Waals surface area contributed by atoms with Crippen LogP contribution in [0.15, 0.2) is 125 Å². The molecule has 5 atom stereocenters. The molecule has 326 valence electrons. The van der Waals surface area contributed by atoms with Crippen molar-refractivity contribution in [3.8, 4) is 0 Å². The number of hydrogen-bond acceptors (Lipinski definition) is 9. The maximum Gasteiger partial charge on any atom is 0.338 e. The monoisotopic (exact) mass is 849 g/mol. The number of thioether (sulfide) groups is 1. The average Bonchev–Trinajstić information content (AvgIpc) is 3.29. The fraction of sp³-hybridized carbons (Fsp3) is 0.480. The van der Waals surface area contributed by atoms with Gasteiger partial charge in [-0.05, 0) is 46.8 Å². The lowest BCUT2D eigenvalue weighted by molar-refractivity contribution is -0.241. The van der Waals surface area contributed by atoms with Gasteiger partial charge >= 0.3 is 11.9 Å². The minimum atomic E-state index is -0.979. The molecule has 0 radical (unpaired) electrons. The zero-order chi connectivity index (χ0) is 42.7. The first-order valence-electron chi connectivity index (χ1n) is 22.2. The Balaban J connectivity index is 1.31. The van der Waals surface area contributed by atoms with Gasteiger partial charge in [-0.1, -0.05) is 198 Å². The molecule has 0 saturated carbocycles. The molecule has 0 aromatic heterocycles. The first kappa shape index (κ1) is 47.4. The molecule has 0 bridgehead atoms. The third kappa shape index (κ3) is 17.0. The van der Waals surface area contributed by atoms with Crippen molar-refractivity contribution in [2.75, 3.05) is 6.61 Å². The standard InChI is InChI=1S/C50H63N3O7S/c1-2-3-4-5-6-7-8-9-10-11-12-13-23-34-45(54)56-38-44-46(57-36-39-26-17-14-18-27-39)47(58-37-40-28-19-15-20-29-40)48(50(59-44)61-42-31-21-16-22-32-42)60-49(55)43-33-25-24-30-41(43)35-52-53-51/h14-22,24-33,44,46-48,50H,2-13,23,34-38H2,1H3/t44-,46-,47+,48+,50-/m1/s1. The first-order chi connectivity index (χ1) is 30.1. The zero-order valence-corrected chi connectivity index (χ0v) is 36.5. The van der Waals surface area contributed by atoms with E-state index in [9.17, 15) is 9.59 Å². The van der Waals surface area contributed by atoms with Crippen LogP contribution in [-0.4, -0.2) is 48.4 Å². The van der Waals surface area contributed by atoms with E-state index in [2.05, 4.69) is 16.9 Å². The summed E-state index contributed by atoms with van der Waals surface area (Å²) in [6, 6.07) is 36.2. The van der Waals surface area contributed by atoms with Crippen LogP contribution in [0.4, 0.5) is 0 Å². The summed E-state index contributed by atoms with van der Waals surface area (Å²) in [5, 5.41) is 3.70. The van der Waals surface area contributed by atoms with Gasteiger partial charge in [0.15, 0.2) is 6.10 Å². The smallest absolute Gasteiger partial charge is 0.338 e. The molecular weight excluding hydrogens is 787 g/mol. The Morgan fingerprint density at radius 1 is 0.656 bits per heavy atom. The molecule has 1 aliphatic heterocycles. The molecule has 61 heavy (non-hydrogen) atoms. The number of esters is 2. The van der Waals surface area contributed by atoms with Gasteiger partial charge in [0.25, 0.3) is 0 Å². The van der Waals surface area contributed by atoms with E-state index in [-0.39, 0.29) is 37.9 Å². The largest absolute Gasteiger partial charge is 0.463 e. The van der Waals surface area contributed by atoms with E-state index in [0.717, 1.165) is 35.3 Å². The van der Waals surface area contributed by atoms with Crippen LogP contribution in [0, 0.1) is 0 Å². The number of rotatable bonds is 28. The predicted octanol–water partition coefficient (Wildman–Crippen LogP) is 12.7. The second-order valence-corrected chi connectivity index (χ2v) is 16.8. The molecule has 1 aliphatic rings. The molecule has 0 aliphatic carbocycles. The lowest BCUT2D eigenvalue weighted by Crippen LogP contribution is -2.60. The molecule has 4 aromatic rings. The van der Waals surface area contributed by atoms with Crippen molar-refractivity contribution in [1.29, 1.82) is 0 Å². The van der Waals surface area contributed by atoms with Gasteiger partial charge < -0.3 is 23.7 Å². The van der Waals surface area contributed by atoms with E-state index < -0.39 is 35.8 Å². The summed E-state index contributed by atoms with van der Waals surface area (Å²) in [4.78, 5) is 31.2. The van der Waals surface area contributed by atoms with Crippen molar-refractivity contribution in [2.45, 2.75) is 151 Å². The molecular formula is C50H63N3O7S. The van der Waals surface area contributed by atoms with Gasteiger partial charge in [-0.25, -0.2) is 4.79 Å². The van der Waals surface area contributed by atoms with E-state index in [0.29, 0.717) is 12.0 Å². The van der Waals surface area contributed by atoms with Crippen molar-refractivity contribution < 1.29 is 33.3 Å². The summed E-state index contributed by atoms with van der Waals surface area (Å²) < 4.78 is 32.7. The first-order valence-corrected chi connectivity index (χ1v) is 23.1. The number of carbonyl (C=O) groups excluding carboxylic acids is 2. The third-order valence-corrected chi connectivity index (χ3v) is 12.0. The molecule has 0 unspecified atom stereocenters. The molecule has 1 saturated heterocycles. The van der Waals surface area contributed by atoms with Gasteiger partial charge in [-0.3, -0.25) is 4.79 Å². The van der Waals surface area contributed by atoms with E-state index in [1.165, 1.54) is 76.0 Å². The van der Waals surface area contributed by atoms with Gasteiger partial charge in [-0.15, -0.1) is 0 Å². The van der Waals surface area contributed by atoms with Gasteiger partial charge in [-0.2, -0.15) is 0 Å². The lowest BCUT2D eigenvalue weighted by Gasteiger charge is -2.45. The molecule has 0 N–H and O–H groups in total.